The fourth-order valence-electron chi connectivity index (χ4n) is 2.03. The fourth-order valence-corrected chi connectivity index (χ4v) is 2.03. The maximum atomic E-state index is 11.3. The SMILES string of the molecule is COC(=O)c1ccc(CNCc2ccccc2C)cc1. The Bertz CT molecular complexity index is 576. The third-order valence-electron chi connectivity index (χ3n) is 3.28. The molecule has 0 radical (unpaired) electrons. The Kier molecular flexibility index (Phi) is 4.91. The first-order valence-corrected chi connectivity index (χ1v) is 6.63. The van der Waals surface area contributed by atoms with E-state index in [-0.39, 0.29) is 5.97 Å². The zero-order valence-corrected chi connectivity index (χ0v) is 11.8. The van der Waals surface area contributed by atoms with E-state index in [0.29, 0.717) is 5.56 Å². The summed E-state index contributed by atoms with van der Waals surface area (Å²) in [5, 5.41) is 3.41. The number of benzene rings is 2. The molecule has 20 heavy (non-hydrogen) atoms. The van der Waals surface area contributed by atoms with Crippen LogP contribution in [-0.4, -0.2) is 13.1 Å². The summed E-state index contributed by atoms with van der Waals surface area (Å²) in [5.74, 6) is -0.301. The highest BCUT2D eigenvalue weighted by Gasteiger charge is 2.04. The zero-order valence-electron chi connectivity index (χ0n) is 11.8. The zero-order chi connectivity index (χ0) is 14.4. The van der Waals surface area contributed by atoms with Crippen LogP contribution < -0.4 is 5.32 Å². The van der Waals surface area contributed by atoms with E-state index in [1.807, 2.05) is 18.2 Å². The third-order valence-corrected chi connectivity index (χ3v) is 3.28. The molecular formula is C17H19NO2. The Balaban J connectivity index is 1.88. The number of aryl methyl sites for hydroxylation is 1. The number of carbonyl (C=O) groups is 1. The molecule has 3 nitrogen and oxygen atoms in total. The van der Waals surface area contributed by atoms with E-state index in [9.17, 15) is 4.79 Å². The number of nitrogens with one attached hydrogen (secondary N) is 1. The summed E-state index contributed by atoms with van der Waals surface area (Å²) in [6.45, 7) is 3.73. The molecule has 0 aliphatic carbocycles. The van der Waals surface area contributed by atoms with Crippen LogP contribution >= 0.6 is 0 Å². The molecule has 0 amide bonds. The predicted octanol–water partition coefficient (Wildman–Crippen LogP) is 3.07. The van der Waals surface area contributed by atoms with Crippen molar-refractivity contribution in [2.75, 3.05) is 7.11 Å². The van der Waals surface area contributed by atoms with Crippen molar-refractivity contribution in [2.24, 2.45) is 0 Å². The molecule has 2 aromatic carbocycles. The van der Waals surface area contributed by atoms with Gasteiger partial charge in [-0.15, -0.1) is 0 Å². The highest BCUT2D eigenvalue weighted by atomic mass is 16.5. The highest BCUT2D eigenvalue weighted by Crippen LogP contribution is 2.08. The predicted molar refractivity (Wildman–Crippen MR) is 79.5 cm³/mol. The lowest BCUT2D eigenvalue weighted by molar-refractivity contribution is 0.0600. The lowest BCUT2D eigenvalue weighted by atomic mass is 10.1. The molecule has 2 rings (SSSR count). The van der Waals surface area contributed by atoms with Crippen LogP contribution in [-0.2, 0) is 17.8 Å². The van der Waals surface area contributed by atoms with Crippen molar-refractivity contribution < 1.29 is 9.53 Å². The first-order valence-electron chi connectivity index (χ1n) is 6.63. The van der Waals surface area contributed by atoms with Gasteiger partial charge in [0.2, 0.25) is 0 Å². The second kappa shape index (κ2) is 6.87. The average molecular weight is 269 g/mol. The molecule has 0 atom stereocenters. The van der Waals surface area contributed by atoms with E-state index in [2.05, 4.69) is 35.2 Å². The molecule has 0 spiro atoms. The maximum Gasteiger partial charge on any atom is 0.337 e. The van der Waals surface area contributed by atoms with Gasteiger partial charge >= 0.3 is 5.97 Å². The second-order valence-corrected chi connectivity index (χ2v) is 4.72. The summed E-state index contributed by atoms with van der Waals surface area (Å²) in [6, 6.07) is 15.8. The monoisotopic (exact) mass is 269 g/mol. The first-order chi connectivity index (χ1) is 9.70. The summed E-state index contributed by atoms with van der Waals surface area (Å²) in [5.41, 5.74) is 4.32. The molecule has 1 N–H and O–H groups in total. The van der Waals surface area contributed by atoms with Gasteiger partial charge in [-0.1, -0.05) is 36.4 Å². The van der Waals surface area contributed by atoms with E-state index in [1.165, 1.54) is 18.2 Å². The Morgan fingerprint density at radius 1 is 1.05 bits per heavy atom. The largest absolute Gasteiger partial charge is 0.465 e. The van der Waals surface area contributed by atoms with Crippen molar-refractivity contribution in [2.45, 2.75) is 20.0 Å². The van der Waals surface area contributed by atoms with E-state index < -0.39 is 0 Å². The van der Waals surface area contributed by atoms with E-state index in [0.717, 1.165) is 18.7 Å². The van der Waals surface area contributed by atoms with Crippen molar-refractivity contribution in [3.63, 3.8) is 0 Å². The molecule has 3 heteroatoms. The van der Waals surface area contributed by atoms with Crippen LogP contribution in [0.15, 0.2) is 48.5 Å². The van der Waals surface area contributed by atoms with Gasteiger partial charge in [0.05, 0.1) is 12.7 Å². The summed E-state index contributed by atoms with van der Waals surface area (Å²) in [6.07, 6.45) is 0. The Hall–Kier alpha value is -2.13. The summed E-state index contributed by atoms with van der Waals surface area (Å²) >= 11 is 0. The lowest BCUT2D eigenvalue weighted by Gasteiger charge is -2.08. The van der Waals surface area contributed by atoms with E-state index in [1.54, 1.807) is 12.1 Å². The van der Waals surface area contributed by atoms with Crippen LogP contribution in [0.5, 0.6) is 0 Å². The van der Waals surface area contributed by atoms with Crippen LogP contribution in [0.25, 0.3) is 0 Å². The molecule has 0 unspecified atom stereocenters. The highest BCUT2D eigenvalue weighted by molar-refractivity contribution is 5.89. The van der Waals surface area contributed by atoms with Gasteiger partial charge in [0.15, 0.2) is 0 Å². The average Bonchev–Trinajstić information content (AvgIpc) is 2.49. The molecule has 0 aromatic heterocycles. The number of hydrogen-bond acceptors (Lipinski definition) is 3. The van der Waals surface area contributed by atoms with Gasteiger partial charge in [0.25, 0.3) is 0 Å². The topological polar surface area (TPSA) is 38.3 Å². The minimum absolute atomic E-state index is 0.301. The minimum Gasteiger partial charge on any atom is -0.465 e. The smallest absolute Gasteiger partial charge is 0.337 e. The molecule has 0 bridgehead atoms. The van der Waals surface area contributed by atoms with Crippen LogP contribution in [0.3, 0.4) is 0 Å². The van der Waals surface area contributed by atoms with Gasteiger partial charge in [-0.2, -0.15) is 0 Å². The molecule has 0 aliphatic heterocycles. The lowest BCUT2D eigenvalue weighted by Crippen LogP contribution is -2.13. The number of carbonyl (C=O) groups excluding carboxylic acids is 1. The Morgan fingerprint density at radius 3 is 2.40 bits per heavy atom. The molecule has 104 valence electrons. The quantitative estimate of drug-likeness (QED) is 0.848. The van der Waals surface area contributed by atoms with Crippen LogP contribution in [0.2, 0.25) is 0 Å². The molecule has 0 aliphatic rings. The minimum atomic E-state index is -0.301. The molecule has 0 fully saturated rings. The van der Waals surface area contributed by atoms with Crippen LogP contribution in [0.4, 0.5) is 0 Å². The number of rotatable bonds is 5. The van der Waals surface area contributed by atoms with Crippen molar-refractivity contribution in [3.05, 3.63) is 70.8 Å². The van der Waals surface area contributed by atoms with Crippen molar-refractivity contribution in [1.82, 2.24) is 5.32 Å². The molecule has 0 saturated heterocycles. The molecule has 2 aromatic rings. The Morgan fingerprint density at radius 2 is 1.75 bits per heavy atom. The van der Waals surface area contributed by atoms with Gasteiger partial charge in [-0.05, 0) is 35.7 Å². The molecule has 0 saturated carbocycles. The summed E-state index contributed by atoms with van der Waals surface area (Å²) in [4.78, 5) is 11.3. The van der Waals surface area contributed by atoms with E-state index >= 15 is 0 Å². The van der Waals surface area contributed by atoms with Gasteiger partial charge in [0, 0.05) is 13.1 Å². The number of esters is 1. The summed E-state index contributed by atoms with van der Waals surface area (Å²) in [7, 11) is 1.39. The van der Waals surface area contributed by atoms with Gasteiger partial charge in [-0.3, -0.25) is 0 Å². The Labute approximate surface area is 119 Å². The first kappa shape index (κ1) is 14.3. The third kappa shape index (κ3) is 3.68. The normalized spacial score (nSPS) is 10.3. The van der Waals surface area contributed by atoms with Gasteiger partial charge in [-0.25, -0.2) is 4.79 Å². The fraction of sp³-hybridized carbons (Fsp3) is 0.235. The van der Waals surface area contributed by atoms with Crippen molar-refractivity contribution >= 4 is 5.97 Å². The number of ether oxygens (including phenoxy) is 1. The van der Waals surface area contributed by atoms with Gasteiger partial charge in [0.1, 0.15) is 0 Å². The van der Waals surface area contributed by atoms with E-state index in [4.69, 9.17) is 0 Å². The van der Waals surface area contributed by atoms with Crippen molar-refractivity contribution in [3.8, 4) is 0 Å². The van der Waals surface area contributed by atoms with Crippen molar-refractivity contribution in [1.29, 1.82) is 0 Å². The number of methoxy groups -OCH3 is 1. The van der Waals surface area contributed by atoms with Gasteiger partial charge < -0.3 is 10.1 Å². The van der Waals surface area contributed by atoms with Crippen LogP contribution in [0, 0.1) is 6.92 Å². The molecule has 0 heterocycles. The number of hydrogen-bond donors (Lipinski definition) is 1. The molecular weight excluding hydrogens is 250 g/mol. The van der Waals surface area contributed by atoms with Crippen LogP contribution in [0.1, 0.15) is 27.0 Å². The second-order valence-electron chi connectivity index (χ2n) is 4.72. The summed E-state index contributed by atoms with van der Waals surface area (Å²) < 4.78 is 4.67. The standard InChI is InChI=1S/C17H19NO2/c1-13-5-3-4-6-16(13)12-18-11-14-7-9-15(10-8-14)17(19)20-2/h3-10,18H,11-12H2,1-2H3. The maximum absolute atomic E-state index is 11.3.